The van der Waals surface area contributed by atoms with Gasteiger partial charge in [0.15, 0.2) is 0 Å². The zero-order valence-electron chi connectivity index (χ0n) is 9.65. The maximum absolute atomic E-state index is 11.9. The Morgan fingerprint density at radius 1 is 1.53 bits per heavy atom. The fourth-order valence-corrected chi connectivity index (χ4v) is 1.30. The first-order valence-corrected chi connectivity index (χ1v) is 4.98. The average molecular weight is 264 g/mol. The summed E-state index contributed by atoms with van der Waals surface area (Å²) in [6.45, 7) is 1.54. The number of nitro groups is 1. The number of nitrogens with two attached hydrogens (primary N) is 1. The summed E-state index contributed by atoms with van der Waals surface area (Å²) < 4.78 is 4.94. The van der Waals surface area contributed by atoms with Crippen LogP contribution in [0, 0.1) is 17.0 Å². The third-order valence-electron chi connectivity index (χ3n) is 2.09. The Morgan fingerprint density at radius 2 is 2.26 bits per heavy atom. The molecule has 2 rings (SSSR count). The summed E-state index contributed by atoms with van der Waals surface area (Å²) >= 11 is 0. The predicted octanol–water partition coefficient (Wildman–Crippen LogP) is 0.516. The molecule has 0 spiro atoms. The number of nitrogens with zero attached hydrogens (tertiary/aromatic N) is 4. The summed E-state index contributed by atoms with van der Waals surface area (Å²) in [6.07, 6.45) is 0.906. The van der Waals surface area contributed by atoms with Crippen LogP contribution in [-0.4, -0.2) is 26.0 Å². The van der Waals surface area contributed by atoms with Gasteiger partial charge in [-0.1, -0.05) is 5.10 Å². The quantitative estimate of drug-likeness (QED) is 0.601. The van der Waals surface area contributed by atoms with Crippen molar-refractivity contribution in [2.45, 2.75) is 6.92 Å². The van der Waals surface area contributed by atoms with Gasteiger partial charge in [0, 0.05) is 6.92 Å². The molecule has 0 saturated heterocycles. The summed E-state index contributed by atoms with van der Waals surface area (Å²) in [5.41, 5.74) is 4.69. The van der Waals surface area contributed by atoms with Crippen LogP contribution in [0.4, 0.5) is 17.5 Å². The molecule has 0 radical (unpaired) electrons. The molecular weight excluding hydrogens is 256 g/mol. The zero-order chi connectivity index (χ0) is 14.0. The van der Waals surface area contributed by atoms with E-state index < -0.39 is 16.5 Å². The number of aryl methyl sites for hydroxylation is 1. The van der Waals surface area contributed by atoms with Gasteiger partial charge < -0.3 is 10.2 Å². The first-order valence-electron chi connectivity index (χ1n) is 4.98. The van der Waals surface area contributed by atoms with E-state index in [1.807, 2.05) is 0 Å². The second-order valence-electron chi connectivity index (χ2n) is 3.46. The third kappa shape index (κ3) is 2.62. The Morgan fingerprint density at radius 3 is 2.84 bits per heavy atom. The Kier molecular flexibility index (Phi) is 3.06. The van der Waals surface area contributed by atoms with Crippen LogP contribution in [0.15, 0.2) is 16.7 Å². The van der Waals surface area contributed by atoms with Crippen molar-refractivity contribution in [2.24, 2.45) is 0 Å². The van der Waals surface area contributed by atoms with Crippen molar-refractivity contribution >= 4 is 23.4 Å². The maximum atomic E-state index is 11.9. The minimum atomic E-state index is -0.788. The largest absolute Gasteiger partial charge is 0.408 e. The number of amides is 1. The lowest BCUT2D eigenvalue weighted by Gasteiger charge is -2.02. The normalized spacial score (nSPS) is 10.2. The van der Waals surface area contributed by atoms with Crippen LogP contribution in [0.3, 0.4) is 0 Å². The van der Waals surface area contributed by atoms with E-state index >= 15 is 0 Å². The second kappa shape index (κ2) is 4.68. The summed E-state index contributed by atoms with van der Waals surface area (Å²) in [5.74, 6) is -0.555. The van der Waals surface area contributed by atoms with Gasteiger partial charge in [0.25, 0.3) is 11.6 Å². The third-order valence-corrected chi connectivity index (χ3v) is 2.09. The van der Waals surface area contributed by atoms with Gasteiger partial charge in [-0.05, 0) is 6.07 Å². The van der Waals surface area contributed by atoms with Crippen LogP contribution in [-0.2, 0) is 0 Å². The van der Waals surface area contributed by atoms with Gasteiger partial charge in [0.05, 0.1) is 4.92 Å². The predicted molar refractivity (Wildman–Crippen MR) is 62.3 cm³/mol. The van der Waals surface area contributed by atoms with Crippen molar-refractivity contribution in [3.05, 3.63) is 33.8 Å². The van der Waals surface area contributed by atoms with Crippen molar-refractivity contribution in [2.75, 3.05) is 11.1 Å². The number of pyridine rings is 1. The molecule has 0 unspecified atom stereocenters. The number of carbonyl (C=O) groups excluding carboxylic acids is 1. The molecule has 0 atom stereocenters. The van der Waals surface area contributed by atoms with Gasteiger partial charge in [0.2, 0.25) is 5.89 Å². The zero-order valence-corrected chi connectivity index (χ0v) is 9.65. The smallest absolute Gasteiger partial charge is 0.322 e. The molecule has 98 valence electrons. The van der Waals surface area contributed by atoms with E-state index in [0.29, 0.717) is 0 Å². The molecule has 2 heterocycles. The summed E-state index contributed by atoms with van der Waals surface area (Å²) in [4.78, 5) is 25.5. The van der Waals surface area contributed by atoms with E-state index in [1.54, 1.807) is 0 Å². The fourth-order valence-electron chi connectivity index (χ4n) is 1.30. The molecular formula is C9H8N6O4. The lowest BCUT2D eigenvalue weighted by atomic mass is 10.2. The van der Waals surface area contributed by atoms with Crippen LogP contribution in [0.1, 0.15) is 16.2 Å². The van der Waals surface area contributed by atoms with Crippen molar-refractivity contribution in [1.29, 1.82) is 0 Å². The minimum absolute atomic E-state index is 0.0162. The molecule has 2 aromatic rings. The Labute approximate surface area is 105 Å². The summed E-state index contributed by atoms with van der Waals surface area (Å²) in [6, 6.07) is 0.934. The lowest BCUT2D eigenvalue weighted by Crippen LogP contribution is -2.15. The number of nitrogen functional groups attached to an aromatic ring is 1. The Bertz CT molecular complexity index is 652. The number of hydrogen-bond donors (Lipinski definition) is 2. The molecule has 2 aromatic heterocycles. The van der Waals surface area contributed by atoms with Gasteiger partial charge in [0.1, 0.15) is 17.6 Å². The SMILES string of the molecule is Cc1nnc(NC(=O)c2cc(N)ncc2[N+](=O)[O-])o1. The highest BCUT2D eigenvalue weighted by atomic mass is 16.6. The van der Waals surface area contributed by atoms with E-state index in [4.69, 9.17) is 10.2 Å². The van der Waals surface area contributed by atoms with Gasteiger partial charge in [-0.25, -0.2) is 4.98 Å². The lowest BCUT2D eigenvalue weighted by molar-refractivity contribution is -0.385. The molecule has 0 fully saturated rings. The maximum Gasteiger partial charge on any atom is 0.322 e. The average Bonchev–Trinajstić information content (AvgIpc) is 2.74. The molecule has 10 nitrogen and oxygen atoms in total. The van der Waals surface area contributed by atoms with E-state index in [1.165, 1.54) is 6.92 Å². The van der Waals surface area contributed by atoms with E-state index in [9.17, 15) is 14.9 Å². The standard InChI is InChI=1S/C9H8N6O4/c1-4-13-14-9(19-4)12-8(16)5-2-7(10)11-3-6(5)15(17)18/h2-3H,1H3,(H2,10,11)(H,12,14,16). The Hall–Kier alpha value is -3.04. The minimum Gasteiger partial charge on any atom is -0.408 e. The van der Waals surface area contributed by atoms with Crippen molar-refractivity contribution in [1.82, 2.24) is 15.2 Å². The van der Waals surface area contributed by atoms with Gasteiger partial charge in [-0.2, -0.15) is 0 Å². The second-order valence-corrected chi connectivity index (χ2v) is 3.46. The number of rotatable bonds is 3. The van der Waals surface area contributed by atoms with Gasteiger partial charge >= 0.3 is 6.01 Å². The van der Waals surface area contributed by atoms with Crippen LogP contribution in [0.5, 0.6) is 0 Å². The van der Waals surface area contributed by atoms with Crippen molar-refractivity contribution in [3.63, 3.8) is 0 Å². The summed E-state index contributed by atoms with van der Waals surface area (Å²) in [7, 11) is 0. The highest BCUT2D eigenvalue weighted by molar-refractivity contribution is 6.06. The van der Waals surface area contributed by atoms with E-state index in [0.717, 1.165) is 12.3 Å². The van der Waals surface area contributed by atoms with Crippen molar-refractivity contribution in [3.8, 4) is 0 Å². The van der Waals surface area contributed by atoms with E-state index in [2.05, 4.69) is 20.5 Å². The molecule has 3 N–H and O–H groups in total. The monoisotopic (exact) mass is 264 g/mol. The molecule has 19 heavy (non-hydrogen) atoms. The topological polar surface area (TPSA) is 150 Å². The van der Waals surface area contributed by atoms with Crippen LogP contribution >= 0.6 is 0 Å². The van der Waals surface area contributed by atoms with Gasteiger partial charge in [-0.15, -0.1) is 5.10 Å². The van der Waals surface area contributed by atoms with Crippen molar-refractivity contribution < 1.29 is 14.1 Å². The van der Waals surface area contributed by atoms with Crippen LogP contribution in [0.2, 0.25) is 0 Å². The van der Waals surface area contributed by atoms with E-state index in [-0.39, 0.29) is 23.3 Å². The van der Waals surface area contributed by atoms with Gasteiger partial charge in [-0.3, -0.25) is 20.2 Å². The first-order chi connectivity index (χ1) is 8.97. The highest BCUT2D eigenvalue weighted by Gasteiger charge is 2.22. The first kappa shape index (κ1) is 12.4. The molecule has 0 saturated carbocycles. The number of nitrogens with one attached hydrogen (secondary N) is 1. The molecule has 0 aliphatic heterocycles. The van der Waals surface area contributed by atoms with Crippen LogP contribution in [0.25, 0.3) is 0 Å². The molecule has 0 aliphatic rings. The molecule has 0 aliphatic carbocycles. The molecule has 1 amide bonds. The number of carbonyl (C=O) groups is 1. The number of hydrogen-bond acceptors (Lipinski definition) is 8. The van der Waals surface area contributed by atoms with Crippen LogP contribution < -0.4 is 11.1 Å². The fraction of sp³-hybridized carbons (Fsp3) is 0.111. The Balaban J connectivity index is 2.32. The molecule has 0 bridgehead atoms. The highest BCUT2D eigenvalue weighted by Crippen LogP contribution is 2.20. The molecule has 0 aromatic carbocycles. The number of anilines is 2. The number of aromatic nitrogens is 3. The molecule has 10 heteroatoms. The summed E-state index contributed by atoms with van der Waals surface area (Å²) in [5, 5.41) is 20.1.